The lowest BCUT2D eigenvalue weighted by molar-refractivity contribution is -0.152. The van der Waals surface area contributed by atoms with E-state index < -0.39 is 36.7 Å². The molecule has 0 aromatic carbocycles. The number of carbonyl (C=O) groups is 2. The van der Waals surface area contributed by atoms with Gasteiger partial charge in [0.1, 0.15) is 5.54 Å². The Labute approximate surface area is 107 Å². The minimum atomic E-state index is -4.41. The van der Waals surface area contributed by atoms with Gasteiger partial charge in [-0.25, -0.2) is 4.79 Å². The Morgan fingerprint density at radius 2 is 1.84 bits per heavy atom. The molecule has 9 heteroatoms. The van der Waals surface area contributed by atoms with Crippen LogP contribution in [0.5, 0.6) is 0 Å². The first-order valence-electron chi connectivity index (χ1n) is 5.65. The zero-order valence-electron chi connectivity index (χ0n) is 10.0. The molecule has 0 atom stereocenters. The van der Waals surface area contributed by atoms with E-state index in [2.05, 4.69) is 5.32 Å². The van der Waals surface area contributed by atoms with Crippen LogP contribution in [-0.4, -0.2) is 55.0 Å². The van der Waals surface area contributed by atoms with Crippen LogP contribution in [0.1, 0.15) is 12.8 Å². The van der Waals surface area contributed by atoms with Crippen LogP contribution in [0.25, 0.3) is 0 Å². The molecule has 0 aliphatic carbocycles. The molecule has 0 saturated carbocycles. The highest BCUT2D eigenvalue weighted by Crippen LogP contribution is 2.20. The van der Waals surface area contributed by atoms with Gasteiger partial charge in [-0.3, -0.25) is 4.79 Å². The van der Waals surface area contributed by atoms with Crippen molar-refractivity contribution in [1.29, 1.82) is 0 Å². The van der Waals surface area contributed by atoms with Gasteiger partial charge in [0, 0.05) is 26.1 Å². The number of carbonyl (C=O) groups excluding carboxylic acids is 1. The smallest absolute Gasteiger partial charge is 0.401 e. The number of nitrogens with one attached hydrogen (secondary N) is 2. The molecule has 0 aromatic rings. The predicted octanol–water partition coefficient (Wildman–Crippen LogP) is -0.112. The summed E-state index contributed by atoms with van der Waals surface area (Å²) >= 11 is 0. The fraction of sp³-hybridized carbons (Fsp3) is 0.800. The third-order valence-electron chi connectivity index (χ3n) is 2.75. The Hall–Kier alpha value is -1.35. The van der Waals surface area contributed by atoms with Crippen LogP contribution < -0.4 is 10.6 Å². The van der Waals surface area contributed by atoms with Gasteiger partial charge in [0.2, 0.25) is 5.91 Å². The second-order valence-corrected chi connectivity index (χ2v) is 4.27. The molecule has 1 heterocycles. The number of amides is 1. The van der Waals surface area contributed by atoms with E-state index in [1.165, 1.54) is 0 Å². The second kappa shape index (κ2) is 6.20. The summed E-state index contributed by atoms with van der Waals surface area (Å²) < 4.78 is 40.6. The first-order chi connectivity index (χ1) is 8.75. The normalized spacial score (nSPS) is 18.9. The highest BCUT2D eigenvalue weighted by Gasteiger charge is 2.41. The molecule has 1 amide bonds. The van der Waals surface area contributed by atoms with Crippen molar-refractivity contribution < 1.29 is 32.6 Å². The Balaban J connectivity index is 2.46. The molecule has 1 fully saturated rings. The summed E-state index contributed by atoms with van der Waals surface area (Å²) in [7, 11) is 0. The molecule has 1 aliphatic heterocycles. The molecular formula is C10H15F3N2O4. The summed E-state index contributed by atoms with van der Waals surface area (Å²) in [5.74, 6) is -1.99. The van der Waals surface area contributed by atoms with Crippen molar-refractivity contribution in [2.75, 3.05) is 26.3 Å². The minimum Gasteiger partial charge on any atom is -0.480 e. The largest absolute Gasteiger partial charge is 0.480 e. The highest BCUT2D eigenvalue weighted by atomic mass is 19.4. The molecule has 1 rings (SSSR count). The van der Waals surface area contributed by atoms with E-state index >= 15 is 0 Å². The number of alkyl halides is 3. The number of halogens is 3. The summed E-state index contributed by atoms with van der Waals surface area (Å²) in [6.45, 7) is -1.52. The van der Waals surface area contributed by atoms with Gasteiger partial charge in [0.15, 0.2) is 0 Å². The van der Waals surface area contributed by atoms with Crippen LogP contribution in [-0.2, 0) is 14.3 Å². The Bertz CT molecular complexity index is 340. The molecule has 0 radical (unpaired) electrons. The zero-order chi connectivity index (χ0) is 14.5. The molecule has 3 N–H and O–H groups in total. The maximum atomic E-state index is 11.9. The van der Waals surface area contributed by atoms with Gasteiger partial charge in [-0.15, -0.1) is 0 Å². The number of hydrogen-bond donors (Lipinski definition) is 3. The van der Waals surface area contributed by atoms with Gasteiger partial charge in [0.05, 0.1) is 13.1 Å². The minimum absolute atomic E-state index is 0.0906. The average molecular weight is 284 g/mol. The number of ether oxygens (including phenoxy) is 1. The summed E-state index contributed by atoms with van der Waals surface area (Å²) in [5.41, 5.74) is -1.45. The summed E-state index contributed by atoms with van der Waals surface area (Å²) in [5, 5.41) is 13.3. The molecule has 0 aromatic heterocycles. The standard InChI is InChI=1S/C10H15F3N2O4/c11-10(12,13)6-14-5-7(16)15-9(8(17)18)1-3-19-4-2-9/h14H,1-6H2,(H,15,16)(H,17,18). The average Bonchev–Trinajstić information content (AvgIpc) is 2.28. The van der Waals surface area contributed by atoms with E-state index in [-0.39, 0.29) is 26.1 Å². The predicted molar refractivity (Wildman–Crippen MR) is 57.5 cm³/mol. The van der Waals surface area contributed by atoms with Gasteiger partial charge < -0.3 is 20.5 Å². The second-order valence-electron chi connectivity index (χ2n) is 4.27. The Kier molecular flexibility index (Phi) is 5.12. The quantitative estimate of drug-likeness (QED) is 0.655. The van der Waals surface area contributed by atoms with Crippen molar-refractivity contribution in [1.82, 2.24) is 10.6 Å². The summed E-state index contributed by atoms with van der Waals surface area (Å²) in [6, 6.07) is 0. The van der Waals surface area contributed by atoms with Crippen LogP contribution in [0.2, 0.25) is 0 Å². The molecule has 0 bridgehead atoms. The first kappa shape index (κ1) is 15.7. The fourth-order valence-corrected chi connectivity index (χ4v) is 1.74. The van der Waals surface area contributed by atoms with Crippen LogP contribution in [0.15, 0.2) is 0 Å². The molecule has 6 nitrogen and oxygen atoms in total. The lowest BCUT2D eigenvalue weighted by atomic mass is 9.90. The highest BCUT2D eigenvalue weighted by molar-refractivity contribution is 5.88. The maximum Gasteiger partial charge on any atom is 0.401 e. The van der Waals surface area contributed by atoms with Crippen LogP contribution >= 0.6 is 0 Å². The van der Waals surface area contributed by atoms with Crippen molar-refractivity contribution in [3.63, 3.8) is 0 Å². The number of hydrogen-bond acceptors (Lipinski definition) is 4. The Morgan fingerprint density at radius 1 is 1.26 bits per heavy atom. The van der Waals surface area contributed by atoms with Crippen LogP contribution in [0, 0.1) is 0 Å². The number of carboxylic acids is 1. The van der Waals surface area contributed by atoms with Crippen molar-refractivity contribution in [2.24, 2.45) is 0 Å². The van der Waals surface area contributed by atoms with Crippen molar-refractivity contribution >= 4 is 11.9 Å². The summed E-state index contributed by atoms with van der Waals surface area (Å²) in [4.78, 5) is 22.6. The third-order valence-corrected chi connectivity index (χ3v) is 2.75. The number of carboxylic acid groups (broad SMARTS) is 1. The monoisotopic (exact) mass is 284 g/mol. The van der Waals surface area contributed by atoms with E-state index in [1.54, 1.807) is 0 Å². The maximum absolute atomic E-state index is 11.9. The topological polar surface area (TPSA) is 87.7 Å². The van der Waals surface area contributed by atoms with Gasteiger partial charge in [0.25, 0.3) is 0 Å². The van der Waals surface area contributed by atoms with Gasteiger partial charge in [-0.05, 0) is 0 Å². The Morgan fingerprint density at radius 3 is 2.32 bits per heavy atom. The third kappa shape index (κ3) is 5.03. The molecule has 0 unspecified atom stereocenters. The van der Waals surface area contributed by atoms with Crippen LogP contribution in [0.4, 0.5) is 13.2 Å². The van der Waals surface area contributed by atoms with Crippen molar-refractivity contribution in [3.05, 3.63) is 0 Å². The molecule has 110 valence electrons. The number of aliphatic carboxylic acids is 1. The van der Waals surface area contributed by atoms with Gasteiger partial charge in [-0.2, -0.15) is 13.2 Å². The first-order valence-corrected chi connectivity index (χ1v) is 5.65. The fourth-order valence-electron chi connectivity index (χ4n) is 1.74. The van der Waals surface area contributed by atoms with Crippen molar-refractivity contribution in [2.45, 2.75) is 24.6 Å². The van der Waals surface area contributed by atoms with Crippen molar-refractivity contribution in [3.8, 4) is 0 Å². The lowest BCUT2D eigenvalue weighted by Gasteiger charge is -2.33. The summed E-state index contributed by atoms with van der Waals surface area (Å²) in [6.07, 6.45) is -4.23. The molecule has 19 heavy (non-hydrogen) atoms. The molecule has 0 spiro atoms. The van der Waals surface area contributed by atoms with E-state index in [0.717, 1.165) is 0 Å². The van der Waals surface area contributed by atoms with E-state index in [9.17, 15) is 22.8 Å². The SMILES string of the molecule is O=C(CNCC(F)(F)F)NC1(C(=O)O)CCOCC1. The van der Waals surface area contributed by atoms with Gasteiger partial charge in [-0.1, -0.05) is 0 Å². The van der Waals surface area contributed by atoms with E-state index in [1.807, 2.05) is 5.32 Å². The van der Waals surface area contributed by atoms with Gasteiger partial charge >= 0.3 is 12.1 Å². The zero-order valence-corrected chi connectivity index (χ0v) is 10.0. The van der Waals surface area contributed by atoms with E-state index in [0.29, 0.717) is 0 Å². The molecule has 1 aliphatic rings. The van der Waals surface area contributed by atoms with E-state index in [4.69, 9.17) is 9.84 Å². The lowest BCUT2D eigenvalue weighted by Crippen LogP contribution is -2.59. The number of rotatable bonds is 5. The molecule has 1 saturated heterocycles. The van der Waals surface area contributed by atoms with Crippen LogP contribution in [0.3, 0.4) is 0 Å². The molecular weight excluding hydrogens is 269 g/mol.